The van der Waals surface area contributed by atoms with Gasteiger partial charge in [-0.1, -0.05) is 30.3 Å². The van der Waals surface area contributed by atoms with Crippen molar-refractivity contribution in [1.82, 2.24) is 0 Å². The zero-order valence-corrected chi connectivity index (χ0v) is 17.9. The van der Waals surface area contributed by atoms with Crippen LogP contribution in [0.4, 0.5) is 11.4 Å². The standard InChI is InChI=1S/C23H24N2O4S/c1-4-29-22-14-13-19(15-21(22)24-23(26)18-10-6-5-7-11-18)30(27,28)25-20-12-8-9-16(2)17(20)3/h5-15,25H,4H2,1-3H3,(H,24,26). The van der Waals surface area contributed by atoms with E-state index >= 15 is 0 Å². The van der Waals surface area contributed by atoms with Crippen molar-refractivity contribution in [3.8, 4) is 5.75 Å². The number of anilines is 2. The molecular formula is C23H24N2O4S. The molecule has 0 saturated carbocycles. The highest BCUT2D eigenvalue weighted by Crippen LogP contribution is 2.30. The van der Waals surface area contributed by atoms with Crippen molar-refractivity contribution in [2.45, 2.75) is 25.7 Å². The summed E-state index contributed by atoms with van der Waals surface area (Å²) in [5.74, 6) is 0.0426. The lowest BCUT2D eigenvalue weighted by molar-refractivity contribution is 0.102. The summed E-state index contributed by atoms with van der Waals surface area (Å²) in [5, 5.41) is 2.75. The highest BCUT2D eigenvalue weighted by atomic mass is 32.2. The number of rotatable bonds is 7. The molecule has 30 heavy (non-hydrogen) atoms. The Bertz CT molecular complexity index is 1160. The number of aryl methyl sites for hydroxylation is 1. The quantitative estimate of drug-likeness (QED) is 0.573. The summed E-state index contributed by atoms with van der Waals surface area (Å²) in [6.45, 7) is 5.97. The lowest BCUT2D eigenvalue weighted by Gasteiger charge is -2.15. The van der Waals surface area contributed by atoms with E-state index < -0.39 is 10.0 Å². The first-order valence-electron chi connectivity index (χ1n) is 9.54. The van der Waals surface area contributed by atoms with E-state index in [0.717, 1.165) is 11.1 Å². The van der Waals surface area contributed by atoms with Crippen molar-refractivity contribution in [2.75, 3.05) is 16.6 Å². The summed E-state index contributed by atoms with van der Waals surface area (Å²) < 4.78 is 34.1. The summed E-state index contributed by atoms with van der Waals surface area (Å²) in [4.78, 5) is 12.6. The van der Waals surface area contributed by atoms with Gasteiger partial charge in [0.15, 0.2) is 0 Å². The predicted octanol–water partition coefficient (Wildman–Crippen LogP) is 4.76. The van der Waals surface area contributed by atoms with Crippen molar-refractivity contribution < 1.29 is 17.9 Å². The van der Waals surface area contributed by atoms with Gasteiger partial charge < -0.3 is 10.1 Å². The number of carbonyl (C=O) groups excluding carboxylic acids is 1. The van der Waals surface area contributed by atoms with E-state index in [9.17, 15) is 13.2 Å². The molecular weight excluding hydrogens is 400 g/mol. The number of nitrogens with one attached hydrogen (secondary N) is 2. The van der Waals surface area contributed by atoms with Gasteiger partial charge in [-0.3, -0.25) is 9.52 Å². The van der Waals surface area contributed by atoms with E-state index in [-0.39, 0.29) is 16.5 Å². The number of hydrogen-bond acceptors (Lipinski definition) is 4. The molecule has 0 bridgehead atoms. The second kappa shape index (κ2) is 9.00. The molecule has 0 radical (unpaired) electrons. The molecule has 3 aromatic rings. The summed E-state index contributed by atoms with van der Waals surface area (Å²) >= 11 is 0. The van der Waals surface area contributed by atoms with Gasteiger partial charge in [-0.05, 0) is 68.3 Å². The van der Waals surface area contributed by atoms with Crippen LogP contribution in [0, 0.1) is 13.8 Å². The number of benzene rings is 3. The van der Waals surface area contributed by atoms with Gasteiger partial charge in [-0.2, -0.15) is 0 Å². The molecule has 0 aliphatic rings. The minimum absolute atomic E-state index is 0.0234. The highest BCUT2D eigenvalue weighted by Gasteiger charge is 2.19. The highest BCUT2D eigenvalue weighted by molar-refractivity contribution is 7.92. The maximum Gasteiger partial charge on any atom is 0.261 e. The Morgan fingerprint density at radius 1 is 0.933 bits per heavy atom. The minimum atomic E-state index is -3.86. The fourth-order valence-electron chi connectivity index (χ4n) is 2.90. The lowest BCUT2D eigenvalue weighted by atomic mass is 10.1. The molecule has 0 heterocycles. The Morgan fingerprint density at radius 3 is 2.37 bits per heavy atom. The van der Waals surface area contributed by atoms with Crippen LogP contribution in [0.15, 0.2) is 71.6 Å². The topological polar surface area (TPSA) is 84.5 Å². The summed E-state index contributed by atoms with van der Waals surface area (Å²) in [6.07, 6.45) is 0. The fraction of sp³-hybridized carbons (Fsp3) is 0.174. The summed E-state index contributed by atoms with van der Waals surface area (Å²) in [7, 11) is -3.86. The normalized spacial score (nSPS) is 11.0. The van der Waals surface area contributed by atoms with Gasteiger partial charge in [-0.15, -0.1) is 0 Å². The molecule has 156 valence electrons. The van der Waals surface area contributed by atoms with Gasteiger partial charge in [0.25, 0.3) is 15.9 Å². The first-order valence-corrected chi connectivity index (χ1v) is 11.0. The predicted molar refractivity (Wildman–Crippen MR) is 119 cm³/mol. The van der Waals surface area contributed by atoms with Gasteiger partial charge in [0.1, 0.15) is 5.75 Å². The SMILES string of the molecule is CCOc1ccc(S(=O)(=O)Nc2cccc(C)c2C)cc1NC(=O)c1ccccc1. The van der Waals surface area contributed by atoms with Crippen molar-refractivity contribution in [1.29, 1.82) is 0 Å². The molecule has 6 nitrogen and oxygen atoms in total. The van der Waals surface area contributed by atoms with Crippen LogP contribution in [0.3, 0.4) is 0 Å². The lowest BCUT2D eigenvalue weighted by Crippen LogP contribution is -2.16. The maximum atomic E-state index is 13.0. The molecule has 0 atom stereocenters. The number of amides is 1. The van der Waals surface area contributed by atoms with Crippen molar-refractivity contribution in [3.63, 3.8) is 0 Å². The van der Waals surface area contributed by atoms with Gasteiger partial charge in [0.05, 0.1) is 22.9 Å². The number of hydrogen-bond donors (Lipinski definition) is 2. The van der Waals surface area contributed by atoms with E-state index in [1.54, 1.807) is 42.5 Å². The van der Waals surface area contributed by atoms with E-state index in [2.05, 4.69) is 10.0 Å². The van der Waals surface area contributed by atoms with Gasteiger partial charge in [0, 0.05) is 5.56 Å². The van der Waals surface area contributed by atoms with Crippen molar-refractivity contribution >= 4 is 27.3 Å². The van der Waals surface area contributed by atoms with Crippen LogP contribution in [0.5, 0.6) is 5.75 Å². The molecule has 3 aromatic carbocycles. The molecule has 0 saturated heterocycles. The van der Waals surface area contributed by atoms with E-state index in [4.69, 9.17) is 4.74 Å². The minimum Gasteiger partial charge on any atom is -0.492 e. The average molecular weight is 425 g/mol. The van der Waals surface area contributed by atoms with Crippen LogP contribution in [0.25, 0.3) is 0 Å². The second-order valence-electron chi connectivity index (χ2n) is 6.76. The third kappa shape index (κ3) is 4.80. The molecule has 0 unspecified atom stereocenters. The molecule has 7 heteroatoms. The van der Waals surface area contributed by atoms with Gasteiger partial charge in [0.2, 0.25) is 0 Å². The van der Waals surface area contributed by atoms with E-state index in [1.165, 1.54) is 12.1 Å². The zero-order chi connectivity index (χ0) is 21.7. The molecule has 0 aliphatic carbocycles. The molecule has 1 amide bonds. The van der Waals surface area contributed by atoms with Gasteiger partial charge in [-0.25, -0.2) is 8.42 Å². The van der Waals surface area contributed by atoms with Crippen LogP contribution in [0.1, 0.15) is 28.4 Å². The summed E-state index contributed by atoms with van der Waals surface area (Å²) in [6, 6.07) is 18.5. The largest absolute Gasteiger partial charge is 0.492 e. The smallest absolute Gasteiger partial charge is 0.261 e. The van der Waals surface area contributed by atoms with Crippen LogP contribution in [-0.4, -0.2) is 20.9 Å². The third-order valence-electron chi connectivity index (χ3n) is 4.69. The maximum absolute atomic E-state index is 13.0. The fourth-order valence-corrected chi connectivity index (χ4v) is 4.05. The third-order valence-corrected chi connectivity index (χ3v) is 6.06. The van der Waals surface area contributed by atoms with Crippen LogP contribution in [0.2, 0.25) is 0 Å². The summed E-state index contributed by atoms with van der Waals surface area (Å²) in [5.41, 5.74) is 3.09. The Kier molecular flexibility index (Phi) is 6.42. The van der Waals surface area contributed by atoms with Crippen LogP contribution >= 0.6 is 0 Å². The first kappa shape index (κ1) is 21.4. The van der Waals surface area contributed by atoms with Crippen molar-refractivity contribution in [2.24, 2.45) is 0 Å². The Labute approximate surface area is 177 Å². The Hall–Kier alpha value is -3.32. The Morgan fingerprint density at radius 2 is 1.67 bits per heavy atom. The molecule has 0 aliphatic heterocycles. The first-order chi connectivity index (χ1) is 14.3. The molecule has 0 fully saturated rings. The van der Waals surface area contributed by atoms with E-state index in [0.29, 0.717) is 23.6 Å². The van der Waals surface area contributed by atoms with Gasteiger partial charge >= 0.3 is 0 Å². The van der Waals surface area contributed by atoms with Crippen LogP contribution < -0.4 is 14.8 Å². The molecule has 0 spiro atoms. The van der Waals surface area contributed by atoms with Crippen molar-refractivity contribution in [3.05, 3.63) is 83.4 Å². The zero-order valence-electron chi connectivity index (χ0n) is 17.1. The number of carbonyl (C=O) groups is 1. The molecule has 2 N–H and O–H groups in total. The monoisotopic (exact) mass is 424 g/mol. The van der Waals surface area contributed by atoms with Crippen LogP contribution in [-0.2, 0) is 10.0 Å². The number of ether oxygens (including phenoxy) is 1. The number of sulfonamides is 1. The Balaban J connectivity index is 1.94. The molecule has 0 aromatic heterocycles. The van der Waals surface area contributed by atoms with E-state index in [1.807, 2.05) is 32.9 Å². The molecule has 3 rings (SSSR count). The second-order valence-corrected chi connectivity index (χ2v) is 8.45. The average Bonchev–Trinajstić information content (AvgIpc) is 2.73.